The van der Waals surface area contributed by atoms with Crippen LogP contribution in [-0.2, 0) is 42.9 Å². The Labute approximate surface area is 181 Å². The minimum absolute atomic E-state index is 0.452. The molecule has 1 amide bonds. The molecule has 3 N–H and O–H groups in total. The number of primary amides is 1. The van der Waals surface area contributed by atoms with E-state index in [0.29, 0.717) is 0 Å². The van der Waals surface area contributed by atoms with Crippen LogP contribution in [0.25, 0.3) is 0 Å². The van der Waals surface area contributed by atoms with Gasteiger partial charge in [0.05, 0.1) is 0 Å². The first-order valence-electron chi connectivity index (χ1n) is 9.28. The Balaban J connectivity index is 2.59. The van der Waals surface area contributed by atoms with Crippen molar-refractivity contribution < 1.29 is 52.8 Å². The molecule has 1 saturated heterocycles. The molecule has 2 heterocycles. The van der Waals surface area contributed by atoms with Gasteiger partial charge in [0.2, 0.25) is 5.88 Å². The molecule has 1 aliphatic heterocycles. The SMILES string of the molecule is CC(=O)OC[C@H]1O[C@@H](n2cnc(C(N)=O)c2O)[C@H](OC(C)=O)[C@@H](OC(C)=O)[C@H]1OC(C)=O. The smallest absolute Gasteiger partial charge is 0.303 e. The molecule has 14 heteroatoms. The number of nitrogens with zero attached hydrogens (tertiary/aromatic N) is 2. The number of hydrogen-bond donors (Lipinski definition) is 2. The first-order valence-corrected chi connectivity index (χ1v) is 9.28. The van der Waals surface area contributed by atoms with Gasteiger partial charge in [0.1, 0.15) is 19.0 Å². The molecule has 1 aromatic rings. The molecule has 5 atom stereocenters. The van der Waals surface area contributed by atoms with Gasteiger partial charge < -0.3 is 34.5 Å². The second kappa shape index (κ2) is 10.1. The number of nitrogens with two attached hydrogens (primary N) is 1. The first-order chi connectivity index (χ1) is 14.9. The molecule has 14 nitrogen and oxygen atoms in total. The Morgan fingerprint density at radius 3 is 1.97 bits per heavy atom. The third-order valence-corrected chi connectivity index (χ3v) is 4.24. The van der Waals surface area contributed by atoms with Crippen LogP contribution in [0.2, 0.25) is 0 Å². The van der Waals surface area contributed by atoms with Crippen molar-refractivity contribution in [3.63, 3.8) is 0 Å². The summed E-state index contributed by atoms with van der Waals surface area (Å²) in [5, 5.41) is 10.4. The Morgan fingerprint density at radius 1 is 0.969 bits per heavy atom. The summed E-state index contributed by atoms with van der Waals surface area (Å²) in [5.74, 6) is -4.88. The van der Waals surface area contributed by atoms with Gasteiger partial charge in [-0.25, -0.2) is 4.98 Å². The maximum absolute atomic E-state index is 11.8. The average Bonchev–Trinajstić information content (AvgIpc) is 3.04. The van der Waals surface area contributed by atoms with E-state index in [0.717, 1.165) is 38.6 Å². The van der Waals surface area contributed by atoms with Crippen LogP contribution in [0.15, 0.2) is 6.33 Å². The molecule has 32 heavy (non-hydrogen) atoms. The number of carbonyl (C=O) groups excluding carboxylic acids is 5. The largest absolute Gasteiger partial charge is 0.493 e. The van der Waals surface area contributed by atoms with Crippen LogP contribution in [0.5, 0.6) is 5.88 Å². The molecule has 2 rings (SSSR count). The van der Waals surface area contributed by atoms with Gasteiger partial charge in [0.15, 0.2) is 30.2 Å². The molecule has 1 aliphatic rings. The summed E-state index contributed by atoms with van der Waals surface area (Å²) in [4.78, 5) is 61.8. The van der Waals surface area contributed by atoms with E-state index in [1.807, 2.05) is 0 Å². The zero-order valence-electron chi connectivity index (χ0n) is 17.7. The van der Waals surface area contributed by atoms with Crippen LogP contribution in [0.1, 0.15) is 44.4 Å². The van der Waals surface area contributed by atoms with Gasteiger partial charge in [-0.2, -0.15) is 0 Å². The number of carbonyl (C=O) groups is 5. The molecule has 1 aromatic heterocycles. The van der Waals surface area contributed by atoms with E-state index >= 15 is 0 Å². The van der Waals surface area contributed by atoms with Gasteiger partial charge in [0, 0.05) is 27.7 Å². The summed E-state index contributed by atoms with van der Waals surface area (Å²) >= 11 is 0. The van der Waals surface area contributed by atoms with Gasteiger partial charge in [-0.1, -0.05) is 0 Å². The Bertz CT molecular complexity index is 912. The highest BCUT2D eigenvalue weighted by Gasteiger charge is 2.53. The number of imidazole rings is 1. The maximum Gasteiger partial charge on any atom is 0.303 e. The van der Waals surface area contributed by atoms with Crippen molar-refractivity contribution in [3.05, 3.63) is 12.0 Å². The van der Waals surface area contributed by atoms with Crippen molar-refractivity contribution in [2.24, 2.45) is 5.73 Å². The highest BCUT2D eigenvalue weighted by atomic mass is 16.7. The Kier molecular flexibility index (Phi) is 7.75. The van der Waals surface area contributed by atoms with Crippen molar-refractivity contribution in [1.82, 2.24) is 9.55 Å². The normalized spacial score (nSPS) is 24.8. The van der Waals surface area contributed by atoms with Crippen LogP contribution >= 0.6 is 0 Å². The van der Waals surface area contributed by atoms with Crippen molar-refractivity contribution in [3.8, 4) is 5.88 Å². The van der Waals surface area contributed by atoms with Crippen LogP contribution in [0.4, 0.5) is 0 Å². The molecular weight excluding hydrogens is 434 g/mol. The third-order valence-electron chi connectivity index (χ3n) is 4.24. The van der Waals surface area contributed by atoms with E-state index in [9.17, 15) is 29.1 Å². The van der Waals surface area contributed by atoms with E-state index in [2.05, 4.69) is 4.98 Å². The molecule has 0 unspecified atom stereocenters. The van der Waals surface area contributed by atoms with Gasteiger partial charge >= 0.3 is 23.9 Å². The zero-order valence-corrected chi connectivity index (χ0v) is 17.7. The fourth-order valence-corrected chi connectivity index (χ4v) is 3.14. The number of amides is 1. The topological polar surface area (TPSA) is 196 Å². The molecule has 0 spiro atoms. The molecule has 0 saturated carbocycles. The lowest BCUT2D eigenvalue weighted by molar-refractivity contribution is -0.269. The summed E-state index contributed by atoms with van der Waals surface area (Å²) in [6.45, 7) is 3.90. The lowest BCUT2D eigenvalue weighted by Crippen LogP contribution is -2.60. The number of aromatic nitrogens is 2. The lowest BCUT2D eigenvalue weighted by Gasteiger charge is -2.44. The molecule has 0 aliphatic carbocycles. The molecule has 0 radical (unpaired) electrons. The second-order valence-electron chi connectivity index (χ2n) is 6.78. The summed E-state index contributed by atoms with van der Waals surface area (Å²) in [6.07, 6.45) is -5.98. The van der Waals surface area contributed by atoms with Crippen LogP contribution in [-0.4, -0.2) is 75.5 Å². The molecule has 1 fully saturated rings. The van der Waals surface area contributed by atoms with Crippen LogP contribution < -0.4 is 5.73 Å². The van der Waals surface area contributed by atoms with Gasteiger partial charge in [0.25, 0.3) is 5.91 Å². The van der Waals surface area contributed by atoms with E-state index < -0.39 is 78.6 Å². The molecule has 0 bridgehead atoms. The number of rotatable bonds is 7. The number of aromatic hydroxyl groups is 1. The van der Waals surface area contributed by atoms with Crippen molar-refractivity contribution >= 4 is 29.8 Å². The minimum Gasteiger partial charge on any atom is -0.493 e. The summed E-state index contributed by atoms with van der Waals surface area (Å²) in [5.41, 5.74) is 4.66. The fourth-order valence-electron chi connectivity index (χ4n) is 3.14. The van der Waals surface area contributed by atoms with Crippen molar-refractivity contribution in [2.75, 3.05) is 6.61 Å². The van der Waals surface area contributed by atoms with Crippen molar-refractivity contribution in [1.29, 1.82) is 0 Å². The van der Waals surface area contributed by atoms with Crippen LogP contribution in [0, 0.1) is 0 Å². The molecule has 176 valence electrons. The van der Waals surface area contributed by atoms with Crippen LogP contribution in [0.3, 0.4) is 0 Å². The standard InChI is InChI=1S/C18H23N3O11/c1-7(22)28-5-11-13(29-8(2)23)14(30-9(3)24)15(31-10(4)25)18(32-11)21-6-20-12(16(19)26)17(21)27/h6,11,13-15,18,27H,5H2,1-4H3,(H2,19,26)/t11-,13+,14+,15-,18-/m1/s1. The minimum atomic E-state index is -1.48. The van der Waals surface area contributed by atoms with Gasteiger partial charge in [-0.05, 0) is 0 Å². The summed E-state index contributed by atoms with van der Waals surface area (Å²) < 4.78 is 27.5. The summed E-state index contributed by atoms with van der Waals surface area (Å²) in [7, 11) is 0. The van der Waals surface area contributed by atoms with E-state index in [4.69, 9.17) is 29.4 Å². The Hall–Kier alpha value is -3.68. The predicted octanol–water partition coefficient (Wildman–Crippen LogP) is -1.06. The number of hydrogen-bond acceptors (Lipinski definition) is 12. The molecule has 0 aromatic carbocycles. The quantitative estimate of drug-likeness (QED) is 0.373. The first kappa shape index (κ1) is 24.6. The highest BCUT2D eigenvalue weighted by Crippen LogP contribution is 2.37. The maximum atomic E-state index is 11.8. The monoisotopic (exact) mass is 457 g/mol. The summed E-state index contributed by atoms with van der Waals surface area (Å²) in [6, 6.07) is 0. The predicted molar refractivity (Wildman–Crippen MR) is 99.6 cm³/mol. The average molecular weight is 457 g/mol. The highest BCUT2D eigenvalue weighted by molar-refractivity contribution is 5.93. The van der Waals surface area contributed by atoms with E-state index in [1.165, 1.54) is 0 Å². The number of ether oxygens (including phenoxy) is 5. The lowest BCUT2D eigenvalue weighted by atomic mass is 9.97. The third kappa shape index (κ3) is 5.72. The fraction of sp³-hybridized carbons (Fsp3) is 0.556. The van der Waals surface area contributed by atoms with E-state index in [1.54, 1.807) is 0 Å². The Morgan fingerprint density at radius 2 is 1.50 bits per heavy atom. The number of esters is 4. The molecular formula is C18H23N3O11. The van der Waals surface area contributed by atoms with Gasteiger partial charge in [-0.3, -0.25) is 28.5 Å². The van der Waals surface area contributed by atoms with Gasteiger partial charge in [-0.15, -0.1) is 0 Å². The second-order valence-corrected chi connectivity index (χ2v) is 6.78. The zero-order chi connectivity index (χ0) is 24.2. The van der Waals surface area contributed by atoms with E-state index in [-0.39, 0.29) is 0 Å². The van der Waals surface area contributed by atoms with Crippen molar-refractivity contribution in [2.45, 2.75) is 58.3 Å².